The van der Waals surface area contributed by atoms with Crippen LogP contribution in [-0.2, 0) is 16.1 Å². The van der Waals surface area contributed by atoms with Crippen molar-refractivity contribution < 1.29 is 14.3 Å². The highest BCUT2D eigenvalue weighted by Gasteiger charge is 2.18. The summed E-state index contributed by atoms with van der Waals surface area (Å²) in [6.45, 7) is 1.97. The van der Waals surface area contributed by atoms with Crippen LogP contribution in [0, 0.1) is 11.3 Å². The van der Waals surface area contributed by atoms with Gasteiger partial charge in [0.1, 0.15) is 17.4 Å². The van der Waals surface area contributed by atoms with Crippen LogP contribution in [0.3, 0.4) is 0 Å². The van der Waals surface area contributed by atoms with Crippen LogP contribution in [-0.4, -0.2) is 36.4 Å². The second-order valence-electron chi connectivity index (χ2n) is 6.78. The molecule has 0 spiro atoms. The van der Waals surface area contributed by atoms with Crippen LogP contribution < -0.4 is 10.1 Å². The summed E-state index contributed by atoms with van der Waals surface area (Å²) in [5.74, 6) is 0.142. The van der Waals surface area contributed by atoms with E-state index in [-0.39, 0.29) is 18.1 Å². The number of rotatable bonds is 7. The molecule has 0 aliphatic carbocycles. The topological polar surface area (TPSA) is 82.4 Å². The molecular weight excluding hydrogens is 366 g/mol. The zero-order chi connectivity index (χ0) is 20.5. The van der Waals surface area contributed by atoms with Gasteiger partial charge in [-0.25, -0.2) is 0 Å². The number of likely N-dealkylation sites (tertiary alicyclic amines) is 1. The molecule has 1 N–H and O–H groups in total. The number of hydrogen-bond acceptors (Lipinski definition) is 4. The van der Waals surface area contributed by atoms with Crippen molar-refractivity contribution in [1.82, 2.24) is 10.2 Å². The molecule has 6 heteroatoms. The van der Waals surface area contributed by atoms with E-state index >= 15 is 0 Å². The van der Waals surface area contributed by atoms with Gasteiger partial charge >= 0.3 is 0 Å². The van der Waals surface area contributed by atoms with Gasteiger partial charge in [0.05, 0.1) is 0 Å². The molecule has 0 saturated carbocycles. The van der Waals surface area contributed by atoms with Crippen molar-refractivity contribution >= 4 is 17.9 Å². The van der Waals surface area contributed by atoms with Crippen molar-refractivity contribution in [3.8, 4) is 11.8 Å². The van der Waals surface area contributed by atoms with Crippen LogP contribution >= 0.6 is 0 Å². The molecule has 0 aromatic heterocycles. The lowest BCUT2D eigenvalue weighted by Gasteiger charge is -2.15. The van der Waals surface area contributed by atoms with E-state index in [4.69, 9.17) is 4.74 Å². The van der Waals surface area contributed by atoms with Crippen molar-refractivity contribution in [2.75, 3.05) is 19.7 Å². The van der Waals surface area contributed by atoms with E-state index < -0.39 is 5.91 Å². The number of nitrogens with one attached hydrogen (secondary N) is 1. The standard InChI is InChI=1S/C23H23N3O3/c24-15-20(23(28)25-16-19-6-2-1-3-7-19)14-18-8-10-21(11-9-18)29-17-22(27)26-12-4-5-13-26/h1-3,6-11,14H,4-5,12-13,16-17H2,(H,25,28)/b20-14+. The Hall–Kier alpha value is -3.59. The highest BCUT2D eigenvalue weighted by Crippen LogP contribution is 2.15. The number of ether oxygens (including phenoxy) is 1. The quantitative estimate of drug-likeness (QED) is 0.583. The van der Waals surface area contributed by atoms with Crippen molar-refractivity contribution in [1.29, 1.82) is 5.26 Å². The normalized spacial score (nSPS) is 13.6. The molecule has 2 amide bonds. The van der Waals surface area contributed by atoms with Gasteiger partial charge in [0.25, 0.3) is 11.8 Å². The maximum Gasteiger partial charge on any atom is 0.262 e. The largest absolute Gasteiger partial charge is 0.484 e. The first-order valence-corrected chi connectivity index (χ1v) is 9.60. The molecule has 1 aliphatic heterocycles. The smallest absolute Gasteiger partial charge is 0.262 e. The summed E-state index contributed by atoms with van der Waals surface area (Å²) in [6.07, 6.45) is 3.62. The van der Waals surface area contributed by atoms with Crippen molar-refractivity contribution in [2.24, 2.45) is 0 Å². The minimum atomic E-state index is -0.423. The summed E-state index contributed by atoms with van der Waals surface area (Å²) >= 11 is 0. The molecule has 0 radical (unpaired) electrons. The maximum absolute atomic E-state index is 12.3. The molecule has 148 valence electrons. The Kier molecular flexibility index (Phi) is 7.01. The molecule has 2 aromatic carbocycles. The third-order valence-electron chi connectivity index (χ3n) is 4.67. The summed E-state index contributed by atoms with van der Waals surface area (Å²) in [5.41, 5.74) is 1.69. The minimum Gasteiger partial charge on any atom is -0.484 e. The molecule has 1 aliphatic rings. The van der Waals surface area contributed by atoms with Gasteiger partial charge in [0.2, 0.25) is 0 Å². The lowest BCUT2D eigenvalue weighted by atomic mass is 10.1. The van der Waals surface area contributed by atoms with Crippen LogP contribution in [0.2, 0.25) is 0 Å². The Balaban J connectivity index is 1.54. The lowest BCUT2D eigenvalue weighted by molar-refractivity contribution is -0.132. The number of amides is 2. The van der Waals surface area contributed by atoms with Gasteiger partial charge in [-0.05, 0) is 42.2 Å². The third kappa shape index (κ3) is 5.94. The highest BCUT2D eigenvalue weighted by atomic mass is 16.5. The zero-order valence-corrected chi connectivity index (χ0v) is 16.1. The maximum atomic E-state index is 12.3. The second kappa shape index (κ2) is 10.1. The van der Waals surface area contributed by atoms with Gasteiger partial charge in [-0.15, -0.1) is 0 Å². The van der Waals surface area contributed by atoms with E-state index in [1.165, 1.54) is 6.08 Å². The summed E-state index contributed by atoms with van der Waals surface area (Å²) in [5, 5.41) is 12.1. The van der Waals surface area contributed by atoms with Crippen LogP contribution in [0.1, 0.15) is 24.0 Å². The van der Waals surface area contributed by atoms with E-state index in [1.54, 1.807) is 24.3 Å². The van der Waals surface area contributed by atoms with Gasteiger partial charge in [0.15, 0.2) is 6.61 Å². The fourth-order valence-electron chi connectivity index (χ4n) is 3.05. The number of carbonyl (C=O) groups excluding carboxylic acids is 2. The van der Waals surface area contributed by atoms with E-state index in [9.17, 15) is 14.9 Å². The summed E-state index contributed by atoms with van der Waals surface area (Å²) in [6, 6.07) is 18.4. The van der Waals surface area contributed by atoms with Gasteiger partial charge in [0, 0.05) is 19.6 Å². The molecule has 0 bridgehead atoms. The first kappa shape index (κ1) is 20.2. The SMILES string of the molecule is N#C/C(=C\c1ccc(OCC(=O)N2CCCC2)cc1)C(=O)NCc1ccccc1. The molecule has 1 saturated heterocycles. The number of carbonyl (C=O) groups is 2. The van der Waals surface area contributed by atoms with Crippen LogP contribution in [0.25, 0.3) is 6.08 Å². The molecule has 29 heavy (non-hydrogen) atoms. The van der Waals surface area contributed by atoms with Crippen LogP contribution in [0.4, 0.5) is 0 Å². The Morgan fingerprint density at radius 3 is 2.41 bits per heavy atom. The average Bonchev–Trinajstić information content (AvgIpc) is 3.31. The van der Waals surface area contributed by atoms with Crippen LogP contribution in [0.5, 0.6) is 5.75 Å². The molecule has 2 aromatic rings. The van der Waals surface area contributed by atoms with Gasteiger partial charge < -0.3 is 15.0 Å². The Bertz CT molecular complexity index is 909. The molecule has 1 fully saturated rings. The summed E-state index contributed by atoms with van der Waals surface area (Å²) < 4.78 is 5.55. The van der Waals surface area contributed by atoms with E-state index in [0.717, 1.165) is 31.5 Å². The number of nitrogens with zero attached hydrogens (tertiary/aromatic N) is 2. The molecule has 6 nitrogen and oxygen atoms in total. The van der Waals surface area contributed by atoms with Gasteiger partial charge in [-0.3, -0.25) is 9.59 Å². The fourth-order valence-corrected chi connectivity index (χ4v) is 3.05. The van der Waals surface area contributed by atoms with Gasteiger partial charge in [-0.2, -0.15) is 5.26 Å². The Morgan fingerprint density at radius 1 is 1.07 bits per heavy atom. The Morgan fingerprint density at radius 2 is 1.76 bits per heavy atom. The van der Waals surface area contributed by atoms with Crippen molar-refractivity contribution in [3.63, 3.8) is 0 Å². The van der Waals surface area contributed by atoms with E-state index in [1.807, 2.05) is 41.3 Å². The van der Waals surface area contributed by atoms with E-state index in [0.29, 0.717) is 17.9 Å². The molecular formula is C23H23N3O3. The average molecular weight is 389 g/mol. The van der Waals surface area contributed by atoms with Crippen LogP contribution in [0.15, 0.2) is 60.2 Å². The predicted molar refractivity (Wildman–Crippen MR) is 110 cm³/mol. The lowest BCUT2D eigenvalue weighted by Crippen LogP contribution is -2.32. The number of hydrogen-bond donors (Lipinski definition) is 1. The molecule has 3 rings (SSSR count). The van der Waals surface area contributed by atoms with Crippen molar-refractivity contribution in [2.45, 2.75) is 19.4 Å². The summed E-state index contributed by atoms with van der Waals surface area (Å²) in [4.78, 5) is 26.1. The number of nitriles is 1. The third-order valence-corrected chi connectivity index (χ3v) is 4.67. The fraction of sp³-hybridized carbons (Fsp3) is 0.261. The predicted octanol–water partition coefficient (Wildman–Crippen LogP) is 2.91. The number of benzene rings is 2. The highest BCUT2D eigenvalue weighted by molar-refractivity contribution is 6.01. The first-order valence-electron chi connectivity index (χ1n) is 9.60. The molecule has 0 unspecified atom stereocenters. The summed E-state index contributed by atoms with van der Waals surface area (Å²) in [7, 11) is 0. The molecule has 0 atom stereocenters. The molecule has 1 heterocycles. The Labute approximate surface area is 170 Å². The zero-order valence-electron chi connectivity index (χ0n) is 16.1. The van der Waals surface area contributed by atoms with Crippen molar-refractivity contribution in [3.05, 3.63) is 71.3 Å². The first-order chi connectivity index (χ1) is 14.2. The second-order valence-corrected chi connectivity index (χ2v) is 6.78. The van der Waals surface area contributed by atoms with Gasteiger partial charge in [-0.1, -0.05) is 42.5 Å². The van der Waals surface area contributed by atoms with E-state index in [2.05, 4.69) is 5.32 Å². The minimum absolute atomic E-state index is 0.00618. The monoisotopic (exact) mass is 389 g/mol.